The predicted octanol–water partition coefficient (Wildman–Crippen LogP) is 1.58. The van der Waals surface area contributed by atoms with Crippen molar-refractivity contribution in [2.75, 3.05) is 0 Å². The van der Waals surface area contributed by atoms with Crippen LogP contribution in [-0.2, 0) is 4.79 Å². The van der Waals surface area contributed by atoms with E-state index in [9.17, 15) is 14.3 Å². The van der Waals surface area contributed by atoms with Crippen molar-refractivity contribution in [3.63, 3.8) is 0 Å². The first-order chi connectivity index (χ1) is 10.9. The van der Waals surface area contributed by atoms with Gasteiger partial charge in [-0.25, -0.2) is 4.39 Å². The Morgan fingerprint density at radius 1 is 1.35 bits per heavy atom. The van der Waals surface area contributed by atoms with Gasteiger partial charge < -0.3 is 9.90 Å². The highest BCUT2D eigenvalue weighted by Crippen LogP contribution is 2.37. The summed E-state index contributed by atoms with van der Waals surface area (Å²) in [6.07, 6.45) is 0. The molecule has 0 saturated carbocycles. The number of hydrogen-bond acceptors (Lipinski definition) is 3. The molecule has 1 heterocycles. The Bertz CT molecular complexity index is 928. The van der Waals surface area contributed by atoms with Gasteiger partial charge in [0.05, 0.1) is 11.3 Å². The molecular weight excluding hydrogens is 385 g/mol. The van der Waals surface area contributed by atoms with Crippen molar-refractivity contribution in [3.05, 3.63) is 69.4 Å². The van der Waals surface area contributed by atoms with E-state index < -0.39 is 22.2 Å². The molecule has 0 fully saturated rings. The van der Waals surface area contributed by atoms with Crippen LogP contribution in [0.2, 0.25) is 5.02 Å². The molecule has 0 bridgehead atoms. The summed E-state index contributed by atoms with van der Waals surface area (Å²) < 4.78 is 14.4. The van der Waals surface area contributed by atoms with Crippen LogP contribution in [0.5, 0.6) is 0 Å². The van der Waals surface area contributed by atoms with Crippen molar-refractivity contribution in [1.29, 1.82) is 0 Å². The molecule has 0 amide bonds. The molecule has 0 aromatic heterocycles. The third-order valence-corrected chi connectivity index (χ3v) is 4.83. The second kappa shape index (κ2) is 5.73. The van der Waals surface area contributed by atoms with E-state index >= 15 is 0 Å². The van der Waals surface area contributed by atoms with E-state index in [-0.39, 0.29) is 11.1 Å². The summed E-state index contributed by atoms with van der Waals surface area (Å²) in [5.41, 5.74) is -1.31. The molecular formula is C17H11BrClFNO2-. The third-order valence-electron chi connectivity index (χ3n) is 3.94. The molecule has 0 N–H and O–H groups in total. The summed E-state index contributed by atoms with van der Waals surface area (Å²) in [6, 6.07) is 10.8. The van der Waals surface area contributed by atoms with Crippen LogP contribution in [0.15, 0.2) is 47.5 Å². The first kappa shape index (κ1) is 16.1. The molecule has 23 heavy (non-hydrogen) atoms. The Labute approximate surface area is 145 Å². The Hall–Kier alpha value is -1.72. The van der Waals surface area contributed by atoms with E-state index in [2.05, 4.69) is 20.9 Å². The van der Waals surface area contributed by atoms with Gasteiger partial charge in [0, 0.05) is 26.2 Å². The number of carbonyl (C=O) groups excluding carboxylic acids is 1. The second-order valence-electron chi connectivity index (χ2n) is 5.30. The number of fused-ring (bicyclic) bond motifs is 1. The number of alkyl halides is 1. The first-order valence-electron chi connectivity index (χ1n) is 6.88. The summed E-state index contributed by atoms with van der Waals surface area (Å²) in [5, 5.41) is 13.4. The van der Waals surface area contributed by atoms with Gasteiger partial charge in [-0.05, 0) is 31.2 Å². The van der Waals surface area contributed by atoms with E-state index in [1.54, 1.807) is 37.3 Å². The van der Waals surface area contributed by atoms with E-state index in [0.717, 1.165) is 0 Å². The van der Waals surface area contributed by atoms with Crippen molar-refractivity contribution in [3.8, 4) is 0 Å². The van der Waals surface area contributed by atoms with Crippen LogP contribution in [0.4, 0.5) is 4.39 Å². The molecule has 0 saturated heterocycles. The molecule has 2 aromatic carbocycles. The number of carboxylic acids is 1. The smallest absolute Gasteiger partial charge is 0.139 e. The number of benzene rings is 2. The van der Waals surface area contributed by atoms with Gasteiger partial charge in [-0.1, -0.05) is 45.7 Å². The lowest BCUT2D eigenvalue weighted by Crippen LogP contribution is -2.53. The largest absolute Gasteiger partial charge is 0.547 e. The summed E-state index contributed by atoms with van der Waals surface area (Å²) in [7, 11) is 0. The van der Waals surface area contributed by atoms with Crippen molar-refractivity contribution in [1.82, 2.24) is 0 Å². The van der Waals surface area contributed by atoms with Crippen molar-refractivity contribution in [2.45, 2.75) is 17.3 Å². The SMILES string of the molecule is CC(Br)C1(C(=O)[O-])N=c2ccc(Cl)cc2=C1c1ccccc1F. The average Bonchev–Trinajstić information content (AvgIpc) is 2.83. The molecule has 6 heteroatoms. The Morgan fingerprint density at radius 3 is 2.65 bits per heavy atom. The normalized spacial score (nSPS) is 20.8. The van der Waals surface area contributed by atoms with E-state index in [1.165, 1.54) is 12.1 Å². The van der Waals surface area contributed by atoms with Gasteiger partial charge in [-0.2, -0.15) is 0 Å². The van der Waals surface area contributed by atoms with Crippen LogP contribution < -0.4 is 15.7 Å². The van der Waals surface area contributed by atoms with Gasteiger partial charge in [0.1, 0.15) is 11.4 Å². The molecule has 1 aliphatic heterocycles. The minimum atomic E-state index is -1.73. The van der Waals surface area contributed by atoms with Crippen LogP contribution in [0, 0.1) is 5.82 Å². The Balaban J connectivity index is 2.51. The summed E-state index contributed by atoms with van der Waals surface area (Å²) in [4.78, 5) is 15.7. The Kier molecular flexibility index (Phi) is 4.02. The molecule has 0 spiro atoms. The number of aliphatic carboxylic acids is 1. The molecule has 2 aromatic rings. The zero-order valence-corrected chi connectivity index (χ0v) is 14.4. The fraction of sp³-hybridized carbons (Fsp3) is 0.176. The lowest BCUT2D eigenvalue weighted by molar-refractivity contribution is -0.310. The summed E-state index contributed by atoms with van der Waals surface area (Å²) in [5.74, 6) is -1.92. The number of carboxylic acid groups (broad SMARTS) is 1. The van der Waals surface area contributed by atoms with Gasteiger partial charge in [0.15, 0.2) is 0 Å². The van der Waals surface area contributed by atoms with Gasteiger partial charge in [-0.15, -0.1) is 0 Å². The average molecular weight is 396 g/mol. The maximum atomic E-state index is 14.4. The highest BCUT2D eigenvalue weighted by molar-refractivity contribution is 9.09. The van der Waals surface area contributed by atoms with Gasteiger partial charge >= 0.3 is 0 Å². The standard InChI is InChI=1S/C17H12BrClFNO2/c1-9(18)17(16(22)23)15(11-4-2-3-5-13(11)20)12-8-10(19)6-7-14(12)21-17/h2-9H,1H3,(H,22,23)/p-1. The fourth-order valence-electron chi connectivity index (χ4n) is 2.87. The Morgan fingerprint density at radius 2 is 2.04 bits per heavy atom. The number of rotatable bonds is 3. The molecule has 2 unspecified atom stereocenters. The number of carbonyl (C=O) groups is 1. The molecule has 2 atom stereocenters. The molecule has 0 radical (unpaired) electrons. The van der Waals surface area contributed by atoms with Crippen LogP contribution in [0.25, 0.3) is 5.57 Å². The first-order valence-corrected chi connectivity index (χ1v) is 8.18. The maximum Gasteiger partial charge on any atom is 0.139 e. The van der Waals surface area contributed by atoms with Crippen molar-refractivity contribution < 1.29 is 14.3 Å². The predicted molar refractivity (Wildman–Crippen MR) is 87.3 cm³/mol. The topological polar surface area (TPSA) is 52.5 Å². The van der Waals surface area contributed by atoms with Crippen LogP contribution in [-0.4, -0.2) is 16.3 Å². The summed E-state index contributed by atoms with van der Waals surface area (Å²) in [6.45, 7) is 1.65. The number of hydrogen-bond donors (Lipinski definition) is 0. The molecule has 118 valence electrons. The second-order valence-corrected chi connectivity index (χ2v) is 7.11. The molecule has 0 aliphatic carbocycles. The number of nitrogens with zero attached hydrogens (tertiary/aromatic N) is 1. The monoisotopic (exact) mass is 394 g/mol. The highest BCUT2D eigenvalue weighted by atomic mass is 79.9. The van der Waals surface area contributed by atoms with E-state index in [4.69, 9.17) is 11.6 Å². The molecule has 3 rings (SSSR count). The lowest BCUT2D eigenvalue weighted by Gasteiger charge is -2.34. The van der Waals surface area contributed by atoms with E-state index in [0.29, 0.717) is 15.6 Å². The van der Waals surface area contributed by atoms with Gasteiger partial charge in [0.2, 0.25) is 0 Å². The van der Waals surface area contributed by atoms with Gasteiger partial charge in [-0.3, -0.25) is 4.99 Å². The fourth-order valence-corrected chi connectivity index (χ4v) is 3.56. The van der Waals surface area contributed by atoms with Crippen molar-refractivity contribution in [2.24, 2.45) is 4.99 Å². The zero-order valence-electron chi connectivity index (χ0n) is 12.0. The van der Waals surface area contributed by atoms with Gasteiger partial charge in [0.25, 0.3) is 0 Å². The maximum absolute atomic E-state index is 14.4. The zero-order chi connectivity index (χ0) is 16.8. The van der Waals surface area contributed by atoms with Crippen LogP contribution in [0.1, 0.15) is 12.5 Å². The minimum absolute atomic E-state index is 0.174. The third kappa shape index (κ3) is 2.39. The van der Waals surface area contributed by atoms with Crippen LogP contribution in [0.3, 0.4) is 0 Å². The minimum Gasteiger partial charge on any atom is -0.547 e. The molecule has 3 nitrogen and oxygen atoms in total. The van der Waals surface area contributed by atoms with Crippen molar-refractivity contribution >= 4 is 39.1 Å². The number of halogens is 3. The lowest BCUT2D eigenvalue weighted by atomic mass is 9.83. The highest BCUT2D eigenvalue weighted by Gasteiger charge is 2.44. The quantitative estimate of drug-likeness (QED) is 0.741. The molecule has 1 aliphatic rings. The summed E-state index contributed by atoms with van der Waals surface area (Å²) >= 11 is 9.35. The van der Waals surface area contributed by atoms with Crippen LogP contribution >= 0.6 is 27.5 Å². The van der Waals surface area contributed by atoms with E-state index in [1.807, 2.05) is 0 Å².